The number of imide groups is 1. The number of carboxylic acid groups (broad SMARTS) is 1. The van der Waals surface area contributed by atoms with Gasteiger partial charge < -0.3 is 5.11 Å². The quantitative estimate of drug-likeness (QED) is 0.643. The van der Waals surface area contributed by atoms with Gasteiger partial charge in [0, 0.05) is 5.56 Å². The number of benzene rings is 1. The molecule has 22 heavy (non-hydrogen) atoms. The van der Waals surface area contributed by atoms with E-state index in [4.69, 9.17) is 9.94 Å². The highest BCUT2D eigenvalue weighted by molar-refractivity contribution is 6.08. The summed E-state index contributed by atoms with van der Waals surface area (Å²) >= 11 is 0. The van der Waals surface area contributed by atoms with Crippen LogP contribution in [0.3, 0.4) is 0 Å². The molecule has 0 aromatic heterocycles. The van der Waals surface area contributed by atoms with Crippen LogP contribution in [-0.4, -0.2) is 46.2 Å². The van der Waals surface area contributed by atoms with Gasteiger partial charge in [-0.15, -0.1) is 6.58 Å². The first-order chi connectivity index (χ1) is 10.6. The maximum atomic E-state index is 12.4. The van der Waals surface area contributed by atoms with Gasteiger partial charge in [-0.3, -0.25) is 19.4 Å². The van der Waals surface area contributed by atoms with Gasteiger partial charge in [0.25, 0.3) is 5.91 Å². The topological polar surface area (TPSA) is 90.4 Å². The molecule has 8 nitrogen and oxygen atoms in total. The van der Waals surface area contributed by atoms with E-state index in [2.05, 4.69) is 6.58 Å². The van der Waals surface area contributed by atoms with Crippen molar-refractivity contribution in [3.05, 3.63) is 42.5 Å². The molecule has 0 radical (unpaired) electrons. The smallest absolute Gasteiger partial charge is 0.371 e. The molecular weight excluding hydrogens is 290 g/mol. The van der Waals surface area contributed by atoms with E-state index in [-0.39, 0.29) is 6.61 Å². The maximum absolute atomic E-state index is 12.4. The monoisotopic (exact) mass is 303 g/mol. The van der Waals surface area contributed by atoms with E-state index in [1.165, 1.54) is 6.08 Å². The fraction of sp³-hybridized carbons (Fsp3) is 0.214. The first-order valence-corrected chi connectivity index (χ1v) is 6.55. The summed E-state index contributed by atoms with van der Waals surface area (Å²) in [6.45, 7) is 3.06. The van der Waals surface area contributed by atoms with Crippen LogP contribution in [-0.2, 0) is 14.4 Å². The predicted molar refractivity (Wildman–Crippen MR) is 74.4 cm³/mol. The van der Waals surface area contributed by atoms with Crippen molar-refractivity contribution in [3.8, 4) is 0 Å². The number of carbonyl (C=O) groups excluding carboxylic acids is 2. The number of hydrogen-bond acceptors (Lipinski definition) is 5. The van der Waals surface area contributed by atoms with E-state index in [0.29, 0.717) is 11.3 Å². The number of urea groups is 1. The van der Waals surface area contributed by atoms with Gasteiger partial charge in [-0.25, -0.2) is 4.79 Å². The lowest BCUT2D eigenvalue weighted by Gasteiger charge is -2.34. The number of hydroxylamine groups is 2. The molecule has 8 heteroatoms. The van der Waals surface area contributed by atoms with Gasteiger partial charge in [0.1, 0.15) is 6.54 Å². The average molecular weight is 303 g/mol. The van der Waals surface area contributed by atoms with E-state index < -0.39 is 30.5 Å². The van der Waals surface area contributed by atoms with Crippen LogP contribution in [0.2, 0.25) is 0 Å². The van der Waals surface area contributed by atoms with Crippen LogP contribution >= 0.6 is 0 Å². The number of anilines is 1. The molecule has 0 spiro atoms. The van der Waals surface area contributed by atoms with Crippen molar-refractivity contribution >= 4 is 23.6 Å². The summed E-state index contributed by atoms with van der Waals surface area (Å²) in [6.07, 6.45) is 1.45. The number of aliphatic carboxylic acids is 1. The number of carbonyl (C=O) groups is 3. The van der Waals surface area contributed by atoms with Crippen molar-refractivity contribution in [2.24, 2.45) is 0 Å². The third-order valence-corrected chi connectivity index (χ3v) is 3.41. The SMILES string of the molecule is C=CCON1C(=O)N2C(=O)C1c1ccccc1N2CC(=O)O. The molecule has 2 bridgehead atoms. The lowest BCUT2D eigenvalue weighted by Crippen LogP contribution is -2.51. The standard InChI is InChI=1S/C14H13N3O5/c1-2-7-22-17-12-9-5-3-4-6-10(9)15(8-11(18)19)16(13(12)20)14(17)21/h2-6,12H,1,7-8H2,(H,18,19). The van der Waals surface area contributed by atoms with E-state index in [9.17, 15) is 14.4 Å². The zero-order valence-electron chi connectivity index (χ0n) is 11.5. The minimum Gasteiger partial charge on any atom is -0.480 e. The Morgan fingerprint density at radius 2 is 2.09 bits per heavy atom. The molecule has 1 aromatic carbocycles. The van der Waals surface area contributed by atoms with Crippen LogP contribution < -0.4 is 5.01 Å². The highest BCUT2D eigenvalue weighted by Gasteiger charge is 2.55. The Kier molecular flexibility index (Phi) is 3.30. The number of hydrogen-bond donors (Lipinski definition) is 1. The van der Waals surface area contributed by atoms with Crippen LogP contribution in [0.25, 0.3) is 0 Å². The molecule has 3 amide bonds. The highest BCUT2D eigenvalue weighted by atomic mass is 16.7. The third-order valence-electron chi connectivity index (χ3n) is 3.41. The Balaban J connectivity index is 2.09. The summed E-state index contributed by atoms with van der Waals surface area (Å²) in [4.78, 5) is 41.2. The molecule has 2 aliphatic heterocycles. The molecule has 1 aromatic rings. The molecular formula is C14H13N3O5. The molecule has 1 atom stereocenters. The molecule has 2 heterocycles. The number of amides is 3. The van der Waals surface area contributed by atoms with Crippen LogP contribution in [0.4, 0.5) is 10.5 Å². The Morgan fingerprint density at radius 3 is 2.77 bits per heavy atom. The fourth-order valence-corrected chi connectivity index (χ4v) is 2.60. The van der Waals surface area contributed by atoms with Gasteiger partial charge in [-0.1, -0.05) is 24.3 Å². The Hall–Kier alpha value is -2.87. The van der Waals surface area contributed by atoms with Crippen LogP contribution in [0, 0.1) is 0 Å². The van der Waals surface area contributed by atoms with Crippen LogP contribution in [0.15, 0.2) is 36.9 Å². The highest BCUT2D eigenvalue weighted by Crippen LogP contribution is 2.43. The maximum Gasteiger partial charge on any atom is 0.371 e. The number of rotatable bonds is 5. The second kappa shape index (κ2) is 5.15. The number of fused-ring (bicyclic) bond motifs is 4. The average Bonchev–Trinajstić information content (AvgIpc) is 2.67. The van der Waals surface area contributed by atoms with E-state index >= 15 is 0 Å². The number of para-hydroxylation sites is 1. The summed E-state index contributed by atoms with van der Waals surface area (Å²) < 4.78 is 0. The lowest BCUT2D eigenvalue weighted by molar-refractivity contribution is -0.144. The summed E-state index contributed by atoms with van der Waals surface area (Å²) in [7, 11) is 0. The lowest BCUT2D eigenvalue weighted by atomic mass is 10.0. The molecule has 1 fully saturated rings. The molecule has 2 aliphatic rings. The number of carboxylic acids is 1. The zero-order chi connectivity index (χ0) is 15.9. The van der Waals surface area contributed by atoms with Crippen LogP contribution in [0.5, 0.6) is 0 Å². The Labute approximate surface area is 125 Å². The summed E-state index contributed by atoms with van der Waals surface area (Å²) in [6, 6.07) is 5.14. The molecule has 0 saturated carbocycles. The fourth-order valence-electron chi connectivity index (χ4n) is 2.60. The molecule has 0 aliphatic carbocycles. The van der Waals surface area contributed by atoms with Gasteiger partial charge >= 0.3 is 12.0 Å². The molecule has 1 saturated heterocycles. The van der Waals surface area contributed by atoms with E-state index in [0.717, 1.165) is 15.1 Å². The Bertz CT molecular complexity index is 674. The Morgan fingerprint density at radius 1 is 1.36 bits per heavy atom. The minimum atomic E-state index is -1.15. The first kappa shape index (κ1) is 14.1. The first-order valence-electron chi connectivity index (χ1n) is 6.55. The van der Waals surface area contributed by atoms with E-state index in [1.807, 2.05) is 0 Å². The summed E-state index contributed by atoms with van der Waals surface area (Å²) in [5.74, 6) is -1.69. The second-order valence-corrected chi connectivity index (χ2v) is 4.76. The second-order valence-electron chi connectivity index (χ2n) is 4.76. The number of nitrogens with zero attached hydrogens (tertiary/aromatic N) is 3. The summed E-state index contributed by atoms with van der Waals surface area (Å²) in [5.41, 5.74) is 1.02. The largest absolute Gasteiger partial charge is 0.480 e. The normalized spacial score (nSPS) is 19.5. The summed E-state index contributed by atoms with van der Waals surface area (Å²) in [5, 5.41) is 12.0. The molecule has 3 rings (SSSR count). The number of hydrazine groups is 1. The van der Waals surface area contributed by atoms with Gasteiger partial charge in [0.2, 0.25) is 0 Å². The van der Waals surface area contributed by atoms with E-state index in [1.54, 1.807) is 24.3 Å². The van der Waals surface area contributed by atoms with Crippen LogP contribution in [0.1, 0.15) is 11.6 Å². The third kappa shape index (κ3) is 1.92. The molecule has 114 valence electrons. The van der Waals surface area contributed by atoms with Gasteiger partial charge in [-0.05, 0) is 6.07 Å². The van der Waals surface area contributed by atoms with Gasteiger partial charge in [-0.2, -0.15) is 10.1 Å². The molecule has 1 N–H and O–H groups in total. The zero-order valence-corrected chi connectivity index (χ0v) is 11.5. The van der Waals surface area contributed by atoms with Gasteiger partial charge in [0.05, 0.1) is 12.3 Å². The van der Waals surface area contributed by atoms with Crippen molar-refractivity contribution in [2.45, 2.75) is 6.04 Å². The minimum absolute atomic E-state index is 0.0600. The van der Waals surface area contributed by atoms with Crippen molar-refractivity contribution in [1.82, 2.24) is 10.1 Å². The van der Waals surface area contributed by atoms with Crippen molar-refractivity contribution in [2.75, 3.05) is 18.2 Å². The van der Waals surface area contributed by atoms with Crippen molar-refractivity contribution in [3.63, 3.8) is 0 Å². The van der Waals surface area contributed by atoms with Crippen molar-refractivity contribution in [1.29, 1.82) is 0 Å². The predicted octanol–water partition coefficient (Wildman–Crippen LogP) is 0.929. The van der Waals surface area contributed by atoms with Gasteiger partial charge in [0.15, 0.2) is 6.04 Å². The molecule has 1 unspecified atom stereocenters. The van der Waals surface area contributed by atoms with Crippen molar-refractivity contribution < 1.29 is 24.3 Å².